The summed E-state index contributed by atoms with van der Waals surface area (Å²) in [6.07, 6.45) is 2.32. The van der Waals surface area contributed by atoms with Crippen LogP contribution in [0.4, 0.5) is 15.0 Å². The van der Waals surface area contributed by atoms with Crippen LogP contribution >= 0.6 is 0 Å². The Kier molecular flexibility index (Phi) is 5.19. The van der Waals surface area contributed by atoms with E-state index in [-0.39, 0.29) is 12.2 Å². The molecule has 0 atom stereocenters. The molecule has 0 saturated carbocycles. The van der Waals surface area contributed by atoms with Crippen LogP contribution in [0.1, 0.15) is 5.56 Å². The van der Waals surface area contributed by atoms with Crippen molar-refractivity contribution in [3.63, 3.8) is 0 Å². The lowest BCUT2D eigenvalue weighted by Gasteiger charge is -2.11. The molecule has 0 saturated heterocycles. The van der Waals surface area contributed by atoms with Gasteiger partial charge in [0.2, 0.25) is 0 Å². The molecule has 0 aliphatic rings. The topological polar surface area (TPSA) is 79.7 Å². The number of carbonyl (C=O) groups is 1. The van der Waals surface area contributed by atoms with Gasteiger partial charge in [-0.05, 0) is 17.7 Å². The molecule has 1 N–H and O–H groups in total. The van der Waals surface area contributed by atoms with Gasteiger partial charge >= 0.3 is 6.09 Å². The fourth-order valence-electron chi connectivity index (χ4n) is 1.75. The lowest BCUT2D eigenvalue weighted by molar-refractivity contribution is 0.106. The van der Waals surface area contributed by atoms with Crippen LogP contribution in [0.25, 0.3) is 11.3 Å². The van der Waals surface area contributed by atoms with E-state index in [0.29, 0.717) is 17.1 Å². The summed E-state index contributed by atoms with van der Waals surface area (Å²) in [7, 11) is 3.14. The first kappa shape index (κ1) is 16.3. The van der Waals surface area contributed by atoms with E-state index in [1.54, 1.807) is 13.1 Å². The van der Waals surface area contributed by atoms with E-state index in [2.05, 4.69) is 27.1 Å². The zero-order chi connectivity index (χ0) is 16.8. The quantitative estimate of drug-likeness (QED) is 0.677. The van der Waals surface area contributed by atoms with Crippen LogP contribution in [0.2, 0.25) is 0 Å². The van der Waals surface area contributed by atoms with Crippen molar-refractivity contribution in [3.05, 3.63) is 42.0 Å². The van der Waals surface area contributed by atoms with Gasteiger partial charge in [-0.3, -0.25) is 4.98 Å². The van der Waals surface area contributed by atoms with Gasteiger partial charge in [0, 0.05) is 26.4 Å². The number of ether oxygens (including phenoxy) is 1. The van der Waals surface area contributed by atoms with Crippen LogP contribution in [-0.4, -0.2) is 41.9 Å². The standard InChI is InChI=1S/C15H16FN5O2/c1-17-14-8-19-13(7-20-14)11-6-10(4-5-12(11)16)9-23-15(22)21(3)18-2/h4-8H,2,9H2,1,3H3,(H,17,20). The highest BCUT2D eigenvalue weighted by Gasteiger charge is 2.11. The summed E-state index contributed by atoms with van der Waals surface area (Å²) in [5.74, 6) is 0.149. The molecule has 7 nitrogen and oxygen atoms in total. The number of hydrazone groups is 1. The van der Waals surface area contributed by atoms with Crippen molar-refractivity contribution in [1.82, 2.24) is 15.0 Å². The highest BCUT2D eigenvalue weighted by atomic mass is 19.1. The molecule has 0 bridgehead atoms. The predicted molar refractivity (Wildman–Crippen MR) is 84.5 cm³/mol. The third kappa shape index (κ3) is 4.00. The molecule has 8 heteroatoms. The molecule has 0 aliphatic carbocycles. The van der Waals surface area contributed by atoms with Crippen molar-refractivity contribution in [2.24, 2.45) is 5.10 Å². The maximum absolute atomic E-state index is 14.0. The van der Waals surface area contributed by atoms with Gasteiger partial charge in [0.15, 0.2) is 0 Å². The summed E-state index contributed by atoms with van der Waals surface area (Å²) < 4.78 is 19.0. The summed E-state index contributed by atoms with van der Waals surface area (Å²) in [4.78, 5) is 19.8. The molecule has 120 valence electrons. The van der Waals surface area contributed by atoms with Gasteiger partial charge in [0.25, 0.3) is 0 Å². The average Bonchev–Trinajstić information content (AvgIpc) is 2.60. The number of aromatic nitrogens is 2. The maximum atomic E-state index is 14.0. The van der Waals surface area contributed by atoms with Crippen molar-refractivity contribution in [2.75, 3.05) is 19.4 Å². The number of amides is 1. The van der Waals surface area contributed by atoms with Crippen LogP contribution in [0.3, 0.4) is 0 Å². The van der Waals surface area contributed by atoms with E-state index in [4.69, 9.17) is 4.74 Å². The van der Waals surface area contributed by atoms with Crippen molar-refractivity contribution in [3.8, 4) is 11.3 Å². The normalized spacial score (nSPS) is 10.0. The van der Waals surface area contributed by atoms with Gasteiger partial charge in [-0.1, -0.05) is 6.07 Å². The summed E-state index contributed by atoms with van der Waals surface area (Å²) in [6, 6.07) is 4.39. The van der Waals surface area contributed by atoms with Crippen LogP contribution in [0.15, 0.2) is 35.7 Å². The van der Waals surface area contributed by atoms with E-state index < -0.39 is 11.9 Å². The minimum Gasteiger partial charge on any atom is -0.443 e. The van der Waals surface area contributed by atoms with Crippen LogP contribution < -0.4 is 5.32 Å². The fourth-order valence-corrected chi connectivity index (χ4v) is 1.75. The number of hydrogen-bond donors (Lipinski definition) is 1. The Hall–Kier alpha value is -3.03. The Morgan fingerprint density at radius 2 is 2.22 bits per heavy atom. The molecular formula is C15H16FN5O2. The molecule has 2 rings (SSSR count). The Morgan fingerprint density at radius 3 is 2.83 bits per heavy atom. The SMILES string of the molecule is C=NN(C)C(=O)OCc1ccc(F)c(-c2cnc(NC)cn2)c1. The zero-order valence-electron chi connectivity index (χ0n) is 12.8. The van der Waals surface area contributed by atoms with E-state index in [0.717, 1.165) is 5.01 Å². The van der Waals surface area contributed by atoms with Gasteiger partial charge in [-0.25, -0.2) is 19.2 Å². The molecule has 0 radical (unpaired) electrons. The minimum atomic E-state index is -0.649. The molecule has 1 aromatic carbocycles. The number of nitrogens with one attached hydrogen (secondary N) is 1. The molecule has 1 heterocycles. The van der Waals surface area contributed by atoms with Crippen LogP contribution in [-0.2, 0) is 11.3 Å². The second-order valence-electron chi connectivity index (χ2n) is 4.57. The predicted octanol–water partition coefficient (Wildman–Crippen LogP) is 2.51. The summed E-state index contributed by atoms with van der Waals surface area (Å²) in [5.41, 5.74) is 1.29. The van der Waals surface area contributed by atoms with Gasteiger partial charge < -0.3 is 10.1 Å². The third-order valence-corrected chi connectivity index (χ3v) is 3.05. The van der Waals surface area contributed by atoms with Gasteiger partial charge in [0.05, 0.1) is 18.1 Å². The number of anilines is 1. The second kappa shape index (κ2) is 7.30. The lowest BCUT2D eigenvalue weighted by Crippen LogP contribution is -2.21. The van der Waals surface area contributed by atoms with E-state index in [1.807, 2.05) is 0 Å². The van der Waals surface area contributed by atoms with Crippen molar-refractivity contribution in [2.45, 2.75) is 6.61 Å². The van der Waals surface area contributed by atoms with Gasteiger partial charge in [-0.15, -0.1) is 0 Å². The number of nitrogens with zero attached hydrogens (tertiary/aromatic N) is 4. The molecule has 2 aromatic rings. The smallest absolute Gasteiger partial charge is 0.430 e. The molecule has 0 spiro atoms. The summed E-state index contributed by atoms with van der Waals surface area (Å²) in [5, 5.41) is 7.22. The van der Waals surface area contributed by atoms with Crippen molar-refractivity contribution >= 4 is 18.6 Å². The molecule has 23 heavy (non-hydrogen) atoms. The van der Waals surface area contributed by atoms with E-state index in [9.17, 15) is 9.18 Å². The van der Waals surface area contributed by atoms with Gasteiger partial charge in [-0.2, -0.15) is 5.10 Å². The Labute approximate surface area is 132 Å². The number of rotatable bonds is 5. The lowest BCUT2D eigenvalue weighted by atomic mass is 10.1. The molecule has 1 aromatic heterocycles. The Morgan fingerprint density at radius 1 is 1.43 bits per heavy atom. The molecule has 0 fully saturated rings. The molecular weight excluding hydrogens is 301 g/mol. The summed E-state index contributed by atoms with van der Waals surface area (Å²) in [6.45, 7) is 3.20. The Balaban J connectivity index is 2.18. The number of hydrogen-bond acceptors (Lipinski definition) is 6. The highest BCUT2D eigenvalue weighted by molar-refractivity contribution is 5.67. The number of carbonyl (C=O) groups excluding carboxylic acids is 1. The highest BCUT2D eigenvalue weighted by Crippen LogP contribution is 2.22. The van der Waals surface area contributed by atoms with E-state index >= 15 is 0 Å². The molecule has 0 aliphatic heterocycles. The molecule has 0 unspecified atom stereocenters. The number of benzene rings is 1. The first-order valence-corrected chi connectivity index (χ1v) is 6.71. The second-order valence-corrected chi connectivity index (χ2v) is 4.57. The Bertz CT molecular complexity index is 706. The van der Waals surface area contributed by atoms with Crippen LogP contribution in [0, 0.1) is 5.82 Å². The zero-order valence-corrected chi connectivity index (χ0v) is 12.8. The minimum absolute atomic E-state index is 0.0198. The van der Waals surface area contributed by atoms with Crippen LogP contribution in [0.5, 0.6) is 0 Å². The average molecular weight is 317 g/mol. The fraction of sp³-hybridized carbons (Fsp3) is 0.200. The molecule has 1 amide bonds. The summed E-state index contributed by atoms with van der Waals surface area (Å²) >= 11 is 0. The van der Waals surface area contributed by atoms with Gasteiger partial charge in [0.1, 0.15) is 18.2 Å². The van der Waals surface area contributed by atoms with Crippen molar-refractivity contribution in [1.29, 1.82) is 0 Å². The monoisotopic (exact) mass is 317 g/mol. The number of halogens is 1. The van der Waals surface area contributed by atoms with Crippen molar-refractivity contribution < 1.29 is 13.9 Å². The third-order valence-electron chi connectivity index (χ3n) is 3.05. The maximum Gasteiger partial charge on any atom is 0.430 e. The van der Waals surface area contributed by atoms with E-state index in [1.165, 1.54) is 31.6 Å². The first-order chi connectivity index (χ1) is 11.0. The largest absolute Gasteiger partial charge is 0.443 e. The first-order valence-electron chi connectivity index (χ1n) is 6.71.